The number of benzene rings is 1. The number of hydrogen-bond donors (Lipinski definition) is 2. The second-order valence-electron chi connectivity index (χ2n) is 6.35. The first kappa shape index (κ1) is 19.4. The van der Waals surface area contributed by atoms with E-state index in [2.05, 4.69) is 36.0 Å². The summed E-state index contributed by atoms with van der Waals surface area (Å²) in [6.07, 6.45) is 4.93. The molecule has 0 aliphatic rings. The molecular formula is C22H24N4O2. The Bertz CT molecular complexity index is 1010. The van der Waals surface area contributed by atoms with E-state index in [1.807, 2.05) is 24.3 Å². The number of pyridine rings is 1. The highest BCUT2D eigenvalue weighted by Gasteiger charge is 2.22. The first-order valence-corrected chi connectivity index (χ1v) is 9.38. The van der Waals surface area contributed by atoms with Gasteiger partial charge >= 0.3 is 0 Å². The lowest BCUT2D eigenvalue weighted by Crippen LogP contribution is -2.25. The monoisotopic (exact) mass is 376 g/mol. The van der Waals surface area contributed by atoms with Crippen LogP contribution >= 0.6 is 0 Å². The van der Waals surface area contributed by atoms with Crippen LogP contribution in [0.25, 0.3) is 5.52 Å². The van der Waals surface area contributed by atoms with Gasteiger partial charge in [-0.15, -0.1) is 6.58 Å². The topological polar surface area (TPSA) is 75.5 Å². The first-order chi connectivity index (χ1) is 13.6. The van der Waals surface area contributed by atoms with Gasteiger partial charge in [-0.1, -0.05) is 44.2 Å². The minimum atomic E-state index is -0.358. The maximum atomic E-state index is 13.1. The Morgan fingerprint density at radius 2 is 1.79 bits per heavy atom. The zero-order valence-corrected chi connectivity index (χ0v) is 16.2. The molecule has 144 valence electrons. The van der Waals surface area contributed by atoms with E-state index in [0.717, 1.165) is 29.7 Å². The molecule has 0 saturated carbocycles. The molecule has 6 heteroatoms. The third-order valence-corrected chi connectivity index (χ3v) is 4.61. The number of hydrogen-bond acceptors (Lipinski definition) is 3. The molecular weight excluding hydrogens is 352 g/mol. The number of aromatic nitrogens is 2. The van der Waals surface area contributed by atoms with Crippen molar-refractivity contribution in [3.63, 3.8) is 0 Å². The second kappa shape index (κ2) is 8.52. The fraction of sp³-hybridized carbons (Fsp3) is 0.227. The maximum absolute atomic E-state index is 13.1. The fourth-order valence-corrected chi connectivity index (χ4v) is 3.18. The van der Waals surface area contributed by atoms with Crippen LogP contribution in [0.4, 0.5) is 5.69 Å². The van der Waals surface area contributed by atoms with Crippen LogP contribution in [0.3, 0.4) is 0 Å². The van der Waals surface area contributed by atoms with Crippen molar-refractivity contribution in [1.82, 2.24) is 14.7 Å². The van der Waals surface area contributed by atoms with Crippen LogP contribution in [-0.2, 0) is 12.8 Å². The zero-order valence-electron chi connectivity index (χ0n) is 16.2. The molecule has 0 aliphatic carbocycles. The number of anilines is 1. The van der Waals surface area contributed by atoms with E-state index in [0.29, 0.717) is 12.1 Å². The van der Waals surface area contributed by atoms with Gasteiger partial charge in [-0.05, 0) is 36.1 Å². The van der Waals surface area contributed by atoms with Gasteiger partial charge in [0.05, 0.1) is 5.52 Å². The van der Waals surface area contributed by atoms with Gasteiger partial charge in [0.15, 0.2) is 5.69 Å². The van der Waals surface area contributed by atoms with Gasteiger partial charge in [-0.2, -0.15) is 0 Å². The van der Waals surface area contributed by atoms with Gasteiger partial charge in [0.2, 0.25) is 5.82 Å². The van der Waals surface area contributed by atoms with E-state index >= 15 is 0 Å². The van der Waals surface area contributed by atoms with E-state index in [1.165, 1.54) is 0 Å². The number of rotatable bonds is 7. The van der Waals surface area contributed by atoms with Crippen molar-refractivity contribution in [2.45, 2.75) is 26.7 Å². The number of carbonyl (C=O) groups excluding carboxylic acids is 2. The molecule has 2 aromatic heterocycles. The van der Waals surface area contributed by atoms with Crippen LogP contribution in [-0.4, -0.2) is 27.7 Å². The third-order valence-electron chi connectivity index (χ3n) is 4.61. The smallest absolute Gasteiger partial charge is 0.287 e. The number of para-hydroxylation sites is 1. The number of imidazole rings is 1. The molecule has 3 rings (SSSR count). The Balaban J connectivity index is 2.02. The van der Waals surface area contributed by atoms with E-state index in [4.69, 9.17) is 0 Å². The van der Waals surface area contributed by atoms with Crippen LogP contribution in [0.2, 0.25) is 0 Å². The average Bonchev–Trinajstić information content (AvgIpc) is 3.12. The van der Waals surface area contributed by atoms with Crippen molar-refractivity contribution in [1.29, 1.82) is 0 Å². The first-order valence-electron chi connectivity index (χ1n) is 9.38. The Morgan fingerprint density at radius 1 is 1.07 bits per heavy atom. The lowest BCUT2D eigenvalue weighted by molar-refractivity contribution is 0.0947. The second-order valence-corrected chi connectivity index (χ2v) is 6.35. The van der Waals surface area contributed by atoms with Gasteiger partial charge < -0.3 is 10.6 Å². The van der Waals surface area contributed by atoms with Crippen molar-refractivity contribution in [3.05, 3.63) is 77.9 Å². The average molecular weight is 376 g/mol. The summed E-state index contributed by atoms with van der Waals surface area (Å²) < 4.78 is 1.62. The molecule has 28 heavy (non-hydrogen) atoms. The largest absolute Gasteiger partial charge is 0.346 e. The lowest BCUT2D eigenvalue weighted by atomic mass is 10.0. The molecule has 1 aromatic carbocycles. The summed E-state index contributed by atoms with van der Waals surface area (Å²) in [5.74, 6) is -0.521. The summed E-state index contributed by atoms with van der Waals surface area (Å²) >= 11 is 0. The molecule has 6 nitrogen and oxygen atoms in total. The quantitative estimate of drug-likeness (QED) is 0.618. The van der Waals surface area contributed by atoms with Crippen LogP contribution in [0.15, 0.2) is 55.3 Å². The minimum Gasteiger partial charge on any atom is -0.346 e. The van der Waals surface area contributed by atoms with Crippen molar-refractivity contribution >= 4 is 23.0 Å². The van der Waals surface area contributed by atoms with Crippen LogP contribution in [0, 0.1) is 0 Å². The van der Waals surface area contributed by atoms with Crippen molar-refractivity contribution < 1.29 is 9.59 Å². The lowest BCUT2D eigenvalue weighted by Gasteiger charge is -2.13. The minimum absolute atomic E-state index is 0.169. The summed E-state index contributed by atoms with van der Waals surface area (Å²) in [5, 5.41) is 5.73. The summed E-state index contributed by atoms with van der Waals surface area (Å²) in [4.78, 5) is 29.9. The van der Waals surface area contributed by atoms with E-state index in [-0.39, 0.29) is 23.3 Å². The SMILES string of the molecule is C=CCNC(=O)c1nc(C(=O)Nc2c(CC)cccc2CC)c2ccccn12. The van der Waals surface area contributed by atoms with E-state index < -0.39 is 0 Å². The molecule has 2 N–H and O–H groups in total. The number of nitrogens with zero attached hydrogens (tertiary/aromatic N) is 2. The summed E-state index contributed by atoms with van der Waals surface area (Å²) in [6, 6.07) is 11.4. The summed E-state index contributed by atoms with van der Waals surface area (Å²) in [7, 11) is 0. The summed E-state index contributed by atoms with van der Waals surface area (Å²) in [6.45, 7) is 8.03. The molecule has 0 fully saturated rings. The van der Waals surface area contributed by atoms with Crippen LogP contribution in [0.5, 0.6) is 0 Å². The Morgan fingerprint density at radius 3 is 2.43 bits per heavy atom. The Hall–Kier alpha value is -3.41. The number of aryl methyl sites for hydroxylation is 2. The predicted octanol–water partition coefficient (Wildman–Crippen LogP) is 3.63. The highest BCUT2D eigenvalue weighted by molar-refractivity contribution is 6.09. The molecule has 0 radical (unpaired) electrons. The van der Waals surface area contributed by atoms with Gasteiger partial charge in [-0.3, -0.25) is 14.0 Å². The number of carbonyl (C=O) groups is 2. The molecule has 2 heterocycles. The van der Waals surface area contributed by atoms with Gasteiger partial charge in [0.25, 0.3) is 11.8 Å². The Kier molecular flexibility index (Phi) is 5.89. The van der Waals surface area contributed by atoms with Gasteiger partial charge in [-0.25, -0.2) is 4.98 Å². The van der Waals surface area contributed by atoms with Gasteiger partial charge in [0, 0.05) is 18.4 Å². The molecule has 0 spiro atoms. The molecule has 0 atom stereocenters. The number of nitrogens with one attached hydrogen (secondary N) is 2. The molecule has 3 aromatic rings. The van der Waals surface area contributed by atoms with Crippen LogP contribution < -0.4 is 10.6 Å². The normalized spacial score (nSPS) is 10.6. The van der Waals surface area contributed by atoms with E-state index in [9.17, 15) is 9.59 Å². The molecule has 0 bridgehead atoms. The number of amides is 2. The molecule has 2 amide bonds. The van der Waals surface area contributed by atoms with Crippen LogP contribution in [0.1, 0.15) is 46.1 Å². The van der Waals surface area contributed by atoms with Crippen molar-refractivity contribution in [3.8, 4) is 0 Å². The third kappa shape index (κ3) is 3.67. The van der Waals surface area contributed by atoms with E-state index in [1.54, 1.807) is 28.8 Å². The highest BCUT2D eigenvalue weighted by Crippen LogP contribution is 2.24. The Labute approximate surface area is 164 Å². The zero-order chi connectivity index (χ0) is 20.1. The summed E-state index contributed by atoms with van der Waals surface area (Å²) in [5.41, 5.74) is 3.76. The number of fused-ring (bicyclic) bond motifs is 1. The standard InChI is InChI=1S/C22H24N4O2/c1-4-13-23-22(28)20-24-19(17-12-7-8-14-26(17)20)21(27)25-18-15(5-2)10-9-11-16(18)6-3/h4,7-12,14H,1,5-6,13H2,2-3H3,(H,23,28)(H,25,27). The predicted molar refractivity (Wildman–Crippen MR) is 111 cm³/mol. The highest BCUT2D eigenvalue weighted by atomic mass is 16.2. The van der Waals surface area contributed by atoms with Crippen molar-refractivity contribution in [2.75, 3.05) is 11.9 Å². The molecule has 0 saturated heterocycles. The maximum Gasteiger partial charge on any atom is 0.287 e. The molecule has 0 aliphatic heterocycles. The fourth-order valence-electron chi connectivity index (χ4n) is 3.18. The van der Waals surface area contributed by atoms with Gasteiger partial charge in [0.1, 0.15) is 0 Å². The molecule has 0 unspecified atom stereocenters. The van der Waals surface area contributed by atoms with Crippen molar-refractivity contribution in [2.24, 2.45) is 0 Å².